The molecule has 1 aliphatic heterocycles. The van der Waals surface area contributed by atoms with Crippen LogP contribution < -0.4 is 5.32 Å². The molecule has 0 radical (unpaired) electrons. The maximum atomic E-state index is 11.6. The second-order valence-corrected chi connectivity index (χ2v) is 5.70. The second-order valence-electron chi connectivity index (χ2n) is 5.26. The van der Waals surface area contributed by atoms with Crippen molar-refractivity contribution in [2.75, 3.05) is 13.1 Å². The quantitative estimate of drug-likeness (QED) is 0.846. The first-order chi connectivity index (χ1) is 9.67. The Kier molecular flexibility index (Phi) is 5.62. The van der Waals surface area contributed by atoms with Crippen LogP contribution in [0.3, 0.4) is 0 Å². The predicted molar refractivity (Wildman–Crippen MR) is 82.7 cm³/mol. The highest BCUT2D eigenvalue weighted by molar-refractivity contribution is 6.30. The smallest absolute Gasteiger partial charge is 0.224 e. The van der Waals surface area contributed by atoms with E-state index < -0.39 is 0 Å². The molecule has 1 atom stereocenters. The number of amides is 1. The van der Waals surface area contributed by atoms with Gasteiger partial charge in [-0.15, -0.1) is 6.58 Å². The van der Waals surface area contributed by atoms with Crippen molar-refractivity contribution in [1.29, 1.82) is 0 Å². The third-order valence-electron chi connectivity index (χ3n) is 3.52. The fourth-order valence-corrected chi connectivity index (χ4v) is 2.71. The standard InChI is InChI=1S/C16H21ClN2O/c1-2-4-16(20)18-15-5-3-10-19(12-15)11-13-6-8-14(17)9-7-13/h2,6-9,15H,1,3-5,10-12H2,(H,18,20). The van der Waals surface area contributed by atoms with Crippen LogP contribution in [0.2, 0.25) is 5.02 Å². The fraction of sp³-hybridized carbons (Fsp3) is 0.438. The molecule has 4 heteroatoms. The van der Waals surface area contributed by atoms with Crippen LogP contribution in [0, 0.1) is 0 Å². The summed E-state index contributed by atoms with van der Waals surface area (Å²) in [6.07, 6.45) is 4.21. The highest BCUT2D eigenvalue weighted by Gasteiger charge is 2.20. The Bertz CT molecular complexity index is 458. The number of piperidine rings is 1. The van der Waals surface area contributed by atoms with Gasteiger partial charge in [0.2, 0.25) is 5.91 Å². The zero-order valence-corrected chi connectivity index (χ0v) is 12.4. The van der Waals surface area contributed by atoms with Gasteiger partial charge in [0, 0.05) is 30.6 Å². The van der Waals surface area contributed by atoms with Crippen LogP contribution in [0.5, 0.6) is 0 Å². The molecule has 1 aromatic rings. The molecule has 1 aromatic carbocycles. The Labute approximate surface area is 125 Å². The van der Waals surface area contributed by atoms with Crippen molar-refractivity contribution >= 4 is 17.5 Å². The van der Waals surface area contributed by atoms with E-state index in [0.717, 1.165) is 37.5 Å². The summed E-state index contributed by atoms with van der Waals surface area (Å²) >= 11 is 5.90. The van der Waals surface area contributed by atoms with Crippen LogP contribution in [0.1, 0.15) is 24.8 Å². The Morgan fingerprint density at radius 1 is 1.45 bits per heavy atom. The number of carbonyl (C=O) groups is 1. The summed E-state index contributed by atoms with van der Waals surface area (Å²) in [7, 11) is 0. The zero-order valence-electron chi connectivity index (χ0n) is 11.6. The minimum atomic E-state index is 0.0679. The molecule has 1 unspecified atom stereocenters. The summed E-state index contributed by atoms with van der Waals surface area (Å²) in [4.78, 5) is 14.0. The van der Waals surface area contributed by atoms with Gasteiger partial charge in [-0.3, -0.25) is 9.69 Å². The number of rotatable bonds is 5. The van der Waals surface area contributed by atoms with E-state index in [0.29, 0.717) is 6.42 Å². The minimum Gasteiger partial charge on any atom is -0.352 e. The van der Waals surface area contributed by atoms with Gasteiger partial charge in [-0.2, -0.15) is 0 Å². The van der Waals surface area contributed by atoms with Gasteiger partial charge in [0.25, 0.3) is 0 Å². The summed E-state index contributed by atoms with van der Waals surface area (Å²) < 4.78 is 0. The number of nitrogens with one attached hydrogen (secondary N) is 1. The lowest BCUT2D eigenvalue weighted by Crippen LogP contribution is -2.47. The van der Waals surface area contributed by atoms with Gasteiger partial charge >= 0.3 is 0 Å². The highest BCUT2D eigenvalue weighted by Crippen LogP contribution is 2.16. The maximum absolute atomic E-state index is 11.6. The number of benzene rings is 1. The van der Waals surface area contributed by atoms with E-state index in [1.807, 2.05) is 12.1 Å². The Balaban J connectivity index is 1.85. The first-order valence-electron chi connectivity index (χ1n) is 7.04. The molecular formula is C16H21ClN2O. The molecule has 0 saturated carbocycles. The molecule has 1 N–H and O–H groups in total. The molecular weight excluding hydrogens is 272 g/mol. The largest absolute Gasteiger partial charge is 0.352 e. The number of likely N-dealkylation sites (tertiary alicyclic amines) is 1. The lowest BCUT2D eigenvalue weighted by atomic mass is 10.0. The minimum absolute atomic E-state index is 0.0679. The predicted octanol–water partition coefficient (Wildman–Crippen LogP) is 3.00. The van der Waals surface area contributed by atoms with E-state index in [1.54, 1.807) is 6.08 Å². The van der Waals surface area contributed by atoms with Gasteiger partial charge in [0.1, 0.15) is 0 Å². The van der Waals surface area contributed by atoms with E-state index >= 15 is 0 Å². The number of carbonyl (C=O) groups excluding carboxylic acids is 1. The molecule has 0 bridgehead atoms. The third kappa shape index (κ3) is 4.66. The number of halogens is 1. The molecule has 3 nitrogen and oxygen atoms in total. The molecule has 2 rings (SSSR count). The summed E-state index contributed by atoms with van der Waals surface area (Å²) in [5, 5.41) is 3.84. The van der Waals surface area contributed by atoms with Crippen molar-refractivity contribution in [1.82, 2.24) is 10.2 Å². The van der Waals surface area contributed by atoms with E-state index in [9.17, 15) is 4.79 Å². The van der Waals surface area contributed by atoms with Gasteiger partial charge in [-0.05, 0) is 37.1 Å². The first kappa shape index (κ1) is 15.1. The van der Waals surface area contributed by atoms with Crippen molar-refractivity contribution < 1.29 is 4.79 Å². The van der Waals surface area contributed by atoms with Gasteiger partial charge in [0.05, 0.1) is 0 Å². The van der Waals surface area contributed by atoms with E-state index in [4.69, 9.17) is 11.6 Å². The van der Waals surface area contributed by atoms with Crippen LogP contribution in [-0.2, 0) is 11.3 Å². The van der Waals surface area contributed by atoms with Crippen molar-refractivity contribution in [2.45, 2.75) is 31.8 Å². The highest BCUT2D eigenvalue weighted by atomic mass is 35.5. The summed E-state index contributed by atoms with van der Waals surface area (Å²) in [6, 6.07) is 8.21. The Morgan fingerprint density at radius 2 is 2.20 bits per heavy atom. The average Bonchev–Trinajstić information content (AvgIpc) is 2.42. The molecule has 1 aliphatic rings. The molecule has 1 fully saturated rings. The number of hydrogen-bond donors (Lipinski definition) is 1. The topological polar surface area (TPSA) is 32.3 Å². The lowest BCUT2D eigenvalue weighted by molar-refractivity contribution is -0.121. The lowest BCUT2D eigenvalue weighted by Gasteiger charge is -2.33. The second kappa shape index (κ2) is 7.46. The number of hydrogen-bond acceptors (Lipinski definition) is 2. The normalized spacial score (nSPS) is 19.6. The molecule has 108 valence electrons. The van der Waals surface area contributed by atoms with Crippen LogP contribution in [0.4, 0.5) is 0 Å². The molecule has 1 heterocycles. The molecule has 1 amide bonds. The van der Waals surface area contributed by atoms with Crippen molar-refractivity contribution in [3.8, 4) is 0 Å². The maximum Gasteiger partial charge on any atom is 0.224 e. The fourth-order valence-electron chi connectivity index (χ4n) is 2.58. The SMILES string of the molecule is C=CCC(=O)NC1CCCN(Cc2ccc(Cl)cc2)C1. The third-order valence-corrected chi connectivity index (χ3v) is 3.77. The monoisotopic (exact) mass is 292 g/mol. The summed E-state index contributed by atoms with van der Waals surface area (Å²) in [5.41, 5.74) is 1.26. The molecule has 0 spiro atoms. The molecule has 0 aliphatic carbocycles. The van der Waals surface area contributed by atoms with E-state index in [2.05, 4.69) is 28.9 Å². The van der Waals surface area contributed by atoms with E-state index in [-0.39, 0.29) is 11.9 Å². The van der Waals surface area contributed by atoms with Crippen LogP contribution in [-0.4, -0.2) is 29.9 Å². The van der Waals surface area contributed by atoms with Gasteiger partial charge in [-0.25, -0.2) is 0 Å². The summed E-state index contributed by atoms with van der Waals surface area (Å²) in [6.45, 7) is 6.49. The van der Waals surface area contributed by atoms with Gasteiger partial charge in [-0.1, -0.05) is 29.8 Å². The first-order valence-corrected chi connectivity index (χ1v) is 7.42. The number of nitrogens with zero attached hydrogens (tertiary/aromatic N) is 1. The van der Waals surface area contributed by atoms with Gasteiger partial charge in [0.15, 0.2) is 0 Å². The van der Waals surface area contributed by atoms with Crippen LogP contribution in [0.25, 0.3) is 0 Å². The van der Waals surface area contributed by atoms with Crippen LogP contribution >= 0.6 is 11.6 Å². The summed E-state index contributed by atoms with van der Waals surface area (Å²) in [5.74, 6) is 0.0679. The van der Waals surface area contributed by atoms with E-state index in [1.165, 1.54) is 5.56 Å². The molecule has 0 aromatic heterocycles. The Morgan fingerprint density at radius 3 is 2.90 bits per heavy atom. The van der Waals surface area contributed by atoms with Crippen molar-refractivity contribution in [3.63, 3.8) is 0 Å². The van der Waals surface area contributed by atoms with Crippen LogP contribution in [0.15, 0.2) is 36.9 Å². The Hall–Kier alpha value is -1.32. The average molecular weight is 293 g/mol. The van der Waals surface area contributed by atoms with Gasteiger partial charge < -0.3 is 5.32 Å². The molecule has 1 saturated heterocycles. The molecule has 20 heavy (non-hydrogen) atoms. The zero-order chi connectivity index (χ0) is 14.4. The van der Waals surface area contributed by atoms with Crippen molar-refractivity contribution in [3.05, 3.63) is 47.5 Å². The van der Waals surface area contributed by atoms with Crippen molar-refractivity contribution in [2.24, 2.45) is 0 Å².